The van der Waals surface area contributed by atoms with Crippen molar-refractivity contribution in [3.05, 3.63) is 64.8 Å². The van der Waals surface area contributed by atoms with Crippen LogP contribution in [0.5, 0.6) is 17.2 Å². The van der Waals surface area contributed by atoms with Crippen molar-refractivity contribution in [1.29, 1.82) is 0 Å². The van der Waals surface area contributed by atoms with E-state index in [1.54, 1.807) is 6.07 Å². The molecule has 0 bridgehead atoms. The first-order valence-corrected chi connectivity index (χ1v) is 8.06. The number of ether oxygens (including phenoxy) is 1. The van der Waals surface area contributed by atoms with Gasteiger partial charge in [-0.05, 0) is 34.4 Å². The molecule has 1 aliphatic heterocycles. The summed E-state index contributed by atoms with van der Waals surface area (Å²) in [6, 6.07) is 18.2. The van der Waals surface area contributed by atoms with Gasteiger partial charge in [0.1, 0.15) is 0 Å². The largest absolute Gasteiger partial charge is 0.504 e. The first-order valence-electron chi connectivity index (χ1n) is 8.06. The number of phenols is 1. The Labute approximate surface area is 140 Å². The van der Waals surface area contributed by atoms with Crippen LogP contribution in [0.1, 0.15) is 0 Å². The van der Waals surface area contributed by atoms with Gasteiger partial charge in [-0.3, -0.25) is 4.79 Å². The van der Waals surface area contributed by atoms with Crippen molar-refractivity contribution in [3.8, 4) is 17.2 Å². The fraction of sp³-hybridized carbons (Fsp3) is 0. The van der Waals surface area contributed by atoms with Gasteiger partial charge in [-0.15, -0.1) is 0 Å². The number of aromatic amines is 1. The molecule has 0 aliphatic carbocycles. The van der Waals surface area contributed by atoms with E-state index in [-0.39, 0.29) is 11.5 Å². The quantitative estimate of drug-likeness (QED) is 0.239. The molecule has 0 atom stereocenters. The summed E-state index contributed by atoms with van der Waals surface area (Å²) < 4.78 is 5.36. The summed E-state index contributed by atoms with van der Waals surface area (Å²) in [4.78, 5) is 15.4. The molecule has 5 aromatic rings. The van der Waals surface area contributed by atoms with Crippen molar-refractivity contribution in [2.75, 3.05) is 0 Å². The SMILES string of the molecule is O=c1c2c(c3c(ccc4cc5c(ccc6ccccc65)[nH]c43)c1O)O2. The molecular formula is C21H11NO3. The number of hydrogen-bond donors (Lipinski definition) is 2. The van der Waals surface area contributed by atoms with E-state index in [0.717, 1.165) is 27.2 Å². The van der Waals surface area contributed by atoms with Crippen molar-refractivity contribution in [2.45, 2.75) is 0 Å². The standard InChI is InChI=1S/C21H11NO3/c23-18-13-7-5-11-9-14-12-4-2-1-3-10(12)6-8-15(14)22-17(11)16(13)20-21(25-20)19(18)24/h1-9,22-23H. The maximum atomic E-state index is 11.9. The van der Waals surface area contributed by atoms with Crippen LogP contribution >= 0.6 is 0 Å². The zero-order valence-electron chi connectivity index (χ0n) is 13.0. The van der Waals surface area contributed by atoms with Gasteiger partial charge in [-0.1, -0.05) is 36.4 Å². The maximum absolute atomic E-state index is 11.9. The first-order chi connectivity index (χ1) is 12.2. The summed E-state index contributed by atoms with van der Waals surface area (Å²) in [6.45, 7) is 0. The van der Waals surface area contributed by atoms with Crippen LogP contribution in [0.4, 0.5) is 0 Å². The highest BCUT2D eigenvalue weighted by molar-refractivity contribution is 6.17. The molecule has 0 unspecified atom stereocenters. The molecule has 6 rings (SSSR count). The van der Waals surface area contributed by atoms with Crippen molar-refractivity contribution in [2.24, 2.45) is 0 Å². The van der Waals surface area contributed by atoms with Crippen molar-refractivity contribution in [3.63, 3.8) is 0 Å². The lowest BCUT2D eigenvalue weighted by Gasteiger charge is -2.09. The Hall–Kier alpha value is -3.53. The summed E-state index contributed by atoms with van der Waals surface area (Å²) in [5.41, 5.74) is 1.43. The number of aromatic hydroxyl groups is 1. The van der Waals surface area contributed by atoms with Crippen LogP contribution in [0, 0.1) is 0 Å². The number of rotatable bonds is 0. The Bertz CT molecular complexity index is 1450. The van der Waals surface area contributed by atoms with Gasteiger partial charge in [0.05, 0.1) is 10.9 Å². The number of benzene rings is 4. The van der Waals surface area contributed by atoms with Crippen molar-refractivity contribution in [1.82, 2.24) is 4.98 Å². The van der Waals surface area contributed by atoms with E-state index in [1.165, 1.54) is 10.8 Å². The molecule has 118 valence electrons. The van der Waals surface area contributed by atoms with Gasteiger partial charge in [0.2, 0.25) is 5.75 Å². The van der Waals surface area contributed by atoms with Gasteiger partial charge in [0.15, 0.2) is 11.5 Å². The molecule has 4 aromatic carbocycles. The number of phenolic OH excluding ortho intramolecular Hbond substituents is 1. The van der Waals surface area contributed by atoms with Gasteiger partial charge >= 0.3 is 0 Å². The lowest BCUT2D eigenvalue weighted by Crippen LogP contribution is -1.94. The fourth-order valence-electron chi connectivity index (χ4n) is 3.78. The van der Waals surface area contributed by atoms with Crippen LogP contribution in [0.3, 0.4) is 0 Å². The zero-order chi connectivity index (χ0) is 16.7. The lowest BCUT2D eigenvalue weighted by atomic mass is 10.0. The number of aromatic nitrogens is 1. The normalized spacial score (nSPS) is 12.6. The van der Waals surface area contributed by atoms with Crippen LogP contribution in [-0.4, -0.2) is 10.1 Å². The Balaban J connectivity index is 1.85. The Morgan fingerprint density at radius 1 is 0.840 bits per heavy atom. The summed E-state index contributed by atoms with van der Waals surface area (Å²) in [7, 11) is 0. The highest BCUT2D eigenvalue weighted by Crippen LogP contribution is 2.51. The third-order valence-corrected chi connectivity index (χ3v) is 5.04. The molecule has 0 saturated carbocycles. The number of pyridine rings is 1. The van der Waals surface area contributed by atoms with E-state index in [2.05, 4.69) is 35.3 Å². The molecular weight excluding hydrogens is 314 g/mol. The lowest BCUT2D eigenvalue weighted by molar-refractivity contribution is 0.476. The maximum Gasteiger partial charge on any atom is 0.267 e. The average molecular weight is 325 g/mol. The third-order valence-electron chi connectivity index (χ3n) is 5.04. The number of hydrogen-bond acceptors (Lipinski definition) is 3. The van der Waals surface area contributed by atoms with E-state index in [1.807, 2.05) is 18.2 Å². The number of nitrogens with one attached hydrogen (secondary N) is 1. The van der Waals surface area contributed by atoms with Crippen LogP contribution in [0.15, 0.2) is 59.4 Å². The predicted molar refractivity (Wildman–Crippen MR) is 98.8 cm³/mol. The topological polar surface area (TPSA) is 65.6 Å². The van der Waals surface area contributed by atoms with Crippen LogP contribution in [0.2, 0.25) is 0 Å². The fourth-order valence-corrected chi connectivity index (χ4v) is 3.78. The van der Waals surface area contributed by atoms with Crippen LogP contribution < -0.4 is 10.2 Å². The summed E-state index contributed by atoms with van der Waals surface area (Å²) in [6.07, 6.45) is 0. The Kier molecular flexibility index (Phi) is 2.11. The van der Waals surface area contributed by atoms with E-state index in [0.29, 0.717) is 11.1 Å². The predicted octanol–water partition coefficient (Wildman–Crippen LogP) is 4.80. The minimum Gasteiger partial charge on any atom is -0.504 e. The van der Waals surface area contributed by atoms with E-state index >= 15 is 0 Å². The van der Waals surface area contributed by atoms with Crippen LogP contribution in [-0.2, 0) is 0 Å². The molecule has 4 heteroatoms. The Morgan fingerprint density at radius 2 is 1.68 bits per heavy atom. The summed E-state index contributed by atoms with van der Waals surface area (Å²) in [5.74, 6) is 0.574. The highest BCUT2D eigenvalue weighted by atomic mass is 16.6. The smallest absolute Gasteiger partial charge is 0.267 e. The number of fused-ring (bicyclic) bond motifs is 8. The summed E-state index contributed by atoms with van der Waals surface area (Å²) in [5, 5.41) is 16.0. The van der Waals surface area contributed by atoms with E-state index in [4.69, 9.17) is 4.74 Å². The number of H-pyrrole nitrogens is 1. The minimum atomic E-state index is -0.436. The first kappa shape index (κ1) is 12.8. The molecule has 4 nitrogen and oxygen atoms in total. The second kappa shape index (κ2) is 4.11. The third kappa shape index (κ3) is 1.53. The molecule has 0 radical (unpaired) electrons. The molecule has 2 N–H and O–H groups in total. The molecule has 1 aliphatic rings. The van der Waals surface area contributed by atoms with E-state index in [9.17, 15) is 9.90 Å². The van der Waals surface area contributed by atoms with Crippen molar-refractivity contribution >= 4 is 43.4 Å². The second-order valence-corrected chi connectivity index (χ2v) is 6.41. The highest BCUT2D eigenvalue weighted by Gasteiger charge is 2.32. The minimum absolute atomic E-state index is 0.250. The van der Waals surface area contributed by atoms with Crippen molar-refractivity contribution < 1.29 is 9.84 Å². The Morgan fingerprint density at radius 3 is 2.60 bits per heavy atom. The van der Waals surface area contributed by atoms with Gasteiger partial charge in [0, 0.05) is 16.3 Å². The molecule has 0 fully saturated rings. The van der Waals surface area contributed by atoms with Gasteiger partial charge < -0.3 is 14.8 Å². The van der Waals surface area contributed by atoms with Crippen LogP contribution in [0.25, 0.3) is 43.4 Å². The molecule has 0 spiro atoms. The molecule has 0 amide bonds. The van der Waals surface area contributed by atoms with Gasteiger partial charge in [0.25, 0.3) is 5.43 Å². The second-order valence-electron chi connectivity index (χ2n) is 6.41. The molecule has 1 aromatic heterocycles. The van der Waals surface area contributed by atoms with Gasteiger partial charge in [-0.25, -0.2) is 0 Å². The molecule has 2 heterocycles. The zero-order valence-corrected chi connectivity index (χ0v) is 13.0. The molecule has 25 heavy (non-hydrogen) atoms. The van der Waals surface area contributed by atoms with E-state index < -0.39 is 5.43 Å². The monoisotopic (exact) mass is 325 g/mol. The molecule has 0 saturated heterocycles. The summed E-state index contributed by atoms with van der Waals surface area (Å²) >= 11 is 0. The van der Waals surface area contributed by atoms with Gasteiger partial charge in [-0.2, -0.15) is 0 Å². The average Bonchev–Trinajstić information content (AvgIpc) is 3.44.